The van der Waals surface area contributed by atoms with Gasteiger partial charge < -0.3 is 0 Å². The molecule has 2 aliphatic heterocycles. The molecule has 29 heavy (non-hydrogen) atoms. The minimum absolute atomic E-state index is 0.0504. The zero-order valence-corrected chi connectivity index (χ0v) is 16.8. The van der Waals surface area contributed by atoms with Gasteiger partial charge in [-0.1, -0.05) is 18.2 Å². The molecule has 2 aliphatic rings. The minimum atomic E-state index is -4.30. The first-order valence-corrected chi connectivity index (χ1v) is 10.2. The first kappa shape index (κ1) is 20.4. The van der Waals surface area contributed by atoms with Crippen LogP contribution < -0.4 is 10.9 Å². The second-order valence-electron chi connectivity index (χ2n) is 8.31. The SMILES string of the molecule is Cc1nn(C)cc1CN1CCC(C2NNCC2c2cccc(C(F)(F)F)c2)CC1. The van der Waals surface area contributed by atoms with Crippen LogP contribution in [0.15, 0.2) is 30.5 Å². The molecule has 0 saturated carbocycles. The summed E-state index contributed by atoms with van der Waals surface area (Å²) in [5.41, 5.74) is 9.05. The van der Waals surface area contributed by atoms with Crippen molar-refractivity contribution in [3.63, 3.8) is 0 Å². The van der Waals surface area contributed by atoms with E-state index in [4.69, 9.17) is 0 Å². The Morgan fingerprint density at radius 1 is 1.21 bits per heavy atom. The number of benzene rings is 1. The lowest BCUT2D eigenvalue weighted by molar-refractivity contribution is -0.137. The van der Waals surface area contributed by atoms with E-state index in [2.05, 4.69) is 27.0 Å². The molecule has 1 aromatic carbocycles. The lowest BCUT2D eigenvalue weighted by atomic mass is 9.80. The van der Waals surface area contributed by atoms with Gasteiger partial charge in [0.2, 0.25) is 0 Å². The Morgan fingerprint density at radius 3 is 2.62 bits per heavy atom. The van der Waals surface area contributed by atoms with Crippen LogP contribution in [0.3, 0.4) is 0 Å². The van der Waals surface area contributed by atoms with Crippen LogP contribution >= 0.6 is 0 Å². The number of nitrogens with zero attached hydrogens (tertiary/aromatic N) is 3. The topological polar surface area (TPSA) is 45.1 Å². The minimum Gasteiger partial charge on any atom is -0.299 e. The molecule has 1 aromatic heterocycles. The number of hydrazine groups is 1. The summed E-state index contributed by atoms with van der Waals surface area (Å²) in [6.45, 7) is 5.58. The van der Waals surface area contributed by atoms with Gasteiger partial charge in [0.15, 0.2) is 0 Å². The summed E-state index contributed by atoms with van der Waals surface area (Å²) in [7, 11) is 1.94. The van der Waals surface area contributed by atoms with Gasteiger partial charge in [-0.2, -0.15) is 18.3 Å². The Morgan fingerprint density at radius 2 is 1.97 bits per heavy atom. The molecular formula is C21H28F3N5. The number of aromatic nitrogens is 2. The van der Waals surface area contributed by atoms with Crippen LogP contribution in [0.1, 0.15) is 41.1 Å². The van der Waals surface area contributed by atoms with E-state index in [1.54, 1.807) is 0 Å². The number of alkyl halides is 3. The predicted octanol–water partition coefficient (Wildman–Crippen LogP) is 3.22. The molecular weight excluding hydrogens is 379 g/mol. The average Bonchev–Trinajstić information content (AvgIpc) is 3.28. The number of nitrogens with one attached hydrogen (secondary N) is 2. The smallest absolute Gasteiger partial charge is 0.299 e. The number of rotatable bonds is 4. The highest BCUT2D eigenvalue weighted by Crippen LogP contribution is 2.36. The Hall–Kier alpha value is -1.90. The van der Waals surface area contributed by atoms with Gasteiger partial charge >= 0.3 is 6.18 Å². The summed E-state index contributed by atoms with van der Waals surface area (Å²) in [5, 5.41) is 4.41. The van der Waals surface area contributed by atoms with Crippen molar-refractivity contribution in [1.82, 2.24) is 25.5 Å². The van der Waals surface area contributed by atoms with E-state index in [0.717, 1.165) is 49.8 Å². The summed E-state index contributed by atoms with van der Waals surface area (Å²) in [5.74, 6) is 0.491. The van der Waals surface area contributed by atoms with Crippen LogP contribution in [0, 0.1) is 12.8 Å². The zero-order valence-electron chi connectivity index (χ0n) is 16.8. The molecule has 0 bridgehead atoms. The molecule has 158 valence electrons. The first-order chi connectivity index (χ1) is 13.8. The Labute approximate surface area is 169 Å². The van der Waals surface area contributed by atoms with Crippen molar-refractivity contribution < 1.29 is 13.2 Å². The summed E-state index contributed by atoms with van der Waals surface area (Å²) in [6, 6.07) is 5.95. The number of hydrogen-bond acceptors (Lipinski definition) is 4. The van der Waals surface area contributed by atoms with E-state index in [-0.39, 0.29) is 12.0 Å². The maximum Gasteiger partial charge on any atom is 0.416 e. The Kier molecular flexibility index (Phi) is 5.68. The van der Waals surface area contributed by atoms with Gasteiger partial charge in [0.25, 0.3) is 0 Å². The number of aryl methyl sites for hydroxylation is 2. The molecule has 0 spiro atoms. The third kappa shape index (κ3) is 4.49. The highest BCUT2D eigenvalue weighted by Gasteiger charge is 2.37. The maximum atomic E-state index is 13.1. The molecule has 0 aliphatic carbocycles. The van der Waals surface area contributed by atoms with Gasteiger partial charge in [0, 0.05) is 43.9 Å². The van der Waals surface area contributed by atoms with E-state index in [1.165, 1.54) is 17.7 Å². The average molecular weight is 407 g/mol. The number of halogens is 3. The summed E-state index contributed by atoms with van der Waals surface area (Å²) < 4.78 is 41.2. The quantitative estimate of drug-likeness (QED) is 0.817. The van der Waals surface area contributed by atoms with Gasteiger partial charge in [0.05, 0.1) is 11.3 Å². The summed E-state index contributed by atoms with van der Waals surface area (Å²) in [6.07, 6.45) is -0.156. The fourth-order valence-electron chi connectivity index (χ4n) is 4.75. The van der Waals surface area contributed by atoms with Crippen LogP contribution in [0.4, 0.5) is 13.2 Å². The van der Waals surface area contributed by atoms with Crippen LogP contribution in [-0.4, -0.2) is 40.4 Å². The van der Waals surface area contributed by atoms with Crippen molar-refractivity contribution in [2.45, 2.75) is 44.4 Å². The van der Waals surface area contributed by atoms with Gasteiger partial charge in [-0.05, 0) is 50.4 Å². The summed E-state index contributed by atoms with van der Waals surface area (Å²) in [4.78, 5) is 2.45. The number of piperidine rings is 1. The van der Waals surface area contributed by atoms with Gasteiger partial charge in [-0.25, -0.2) is 0 Å². The number of likely N-dealkylation sites (tertiary alicyclic amines) is 1. The molecule has 8 heteroatoms. The zero-order chi connectivity index (χ0) is 20.6. The predicted molar refractivity (Wildman–Crippen MR) is 105 cm³/mol. The Balaban J connectivity index is 1.40. The van der Waals surface area contributed by atoms with Crippen LogP contribution in [0.25, 0.3) is 0 Å². The maximum absolute atomic E-state index is 13.1. The van der Waals surface area contributed by atoms with Crippen molar-refractivity contribution in [2.75, 3.05) is 19.6 Å². The standard InChI is InChI=1S/C21H28F3N5/c1-14-17(12-28(2)27-14)13-29-8-6-15(7-9-29)20-19(11-25-26-20)16-4-3-5-18(10-16)21(22,23)24/h3-5,10,12,15,19-20,25-26H,6-9,11,13H2,1-2H3. The first-order valence-electron chi connectivity index (χ1n) is 10.2. The molecule has 0 radical (unpaired) electrons. The molecule has 2 unspecified atom stereocenters. The monoisotopic (exact) mass is 407 g/mol. The fourth-order valence-corrected chi connectivity index (χ4v) is 4.75. The normalized spacial score (nSPS) is 24.3. The number of hydrogen-bond donors (Lipinski definition) is 2. The molecule has 5 nitrogen and oxygen atoms in total. The molecule has 2 fully saturated rings. The van der Waals surface area contributed by atoms with Crippen LogP contribution in [0.5, 0.6) is 0 Å². The van der Waals surface area contributed by atoms with E-state index in [0.29, 0.717) is 12.5 Å². The second kappa shape index (κ2) is 8.08. The van der Waals surface area contributed by atoms with E-state index in [1.807, 2.05) is 24.7 Å². The molecule has 2 N–H and O–H groups in total. The highest BCUT2D eigenvalue weighted by molar-refractivity contribution is 5.30. The molecule has 2 atom stereocenters. The summed E-state index contributed by atoms with van der Waals surface area (Å²) >= 11 is 0. The Bertz CT molecular complexity index is 839. The van der Waals surface area contributed by atoms with Crippen molar-refractivity contribution >= 4 is 0 Å². The highest BCUT2D eigenvalue weighted by atomic mass is 19.4. The van der Waals surface area contributed by atoms with Crippen LogP contribution in [0.2, 0.25) is 0 Å². The van der Waals surface area contributed by atoms with Gasteiger partial charge in [-0.15, -0.1) is 0 Å². The molecule has 0 amide bonds. The lowest BCUT2D eigenvalue weighted by Gasteiger charge is -2.36. The van der Waals surface area contributed by atoms with Crippen molar-refractivity contribution in [3.8, 4) is 0 Å². The molecule has 2 saturated heterocycles. The van der Waals surface area contributed by atoms with Gasteiger partial charge in [0.1, 0.15) is 0 Å². The second-order valence-corrected chi connectivity index (χ2v) is 8.31. The van der Waals surface area contributed by atoms with Crippen LogP contribution in [-0.2, 0) is 19.8 Å². The van der Waals surface area contributed by atoms with Crippen molar-refractivity contribution in [2.24, 2.45) is 13.0 Å². The van der Waals surface area contributed by atoms with E-state index in [9.17, 15) is 13.2 Å². The molecule has 4 rings (SSSR count). The molecule has 3 heterocycles. The van der Waals surface area contributed by atoms with E-state index < -0.39 is 11.7 Å². The molecule has 2 aromatic rings. The lowest BCUT2D eigenvalue weighted by Crippen LogP contribution is -2.44. The van der Waals surface area contributed by atoms with Gasteiger partial charge in [-0.3, -0.25) is 20.4 Å². The fraction of sp³-hybridized carbons (Fsp3) is 0.571. The largest absolute Gasteiger partial charge is 0.416 e. The van der Waals surface area contributed by atoms with Crippen molar-refractivity contribution in [1.29, 1.82) is 0 Å². The van der Waals surface area contributed by atoms with Crippen molar-refractivity contribution in [3.05, 3.63) is 52.8 Å². The third-order valence-corrected chi connectivity index (χ3v) is 6.32. The third-order valence-electron chi connectivity index (χ3n) is 6.32. The van der Waals surface area contributed by atoms with E-state index >= 15 is 0 Å².